The van der Waals surface area contributed by atoms with Gasteiger partial charge in [-0.1, -0.05) is 26.0 Å². The standard InChI is InChI=1S/C18H24N4O6/c1-9(2)14(16(25)20-15(10(3)23)17(26)27)21-18(28)22-8-13(24)19-11-6-4-5-7-12(11)22/h4-7,9-10,14-15,23H,8H2,1-3H3,(H,19,24)(H,20,25)(H,21,28)(H,26,27)/t10?,14-,15-/m0/s1. The van der Waals surface area contributed by atoms with E-state index in [1.165, 1.54) is 11.8 Å². The highest BCUT2D eigenvalue weighted by molar-refractivity contribution is 6.10. The molecule has 0 bridgehead atoms. The quantitative estimate of drug-likeness (QED) is 0.465. The first-order valence-electron chi connectivity index (χ1n) is 8.80. The first-order chi connectivity index (χ1) is 13.1. The number of benzene rings is 1. The van der Waals surface area contributed by atoms with Gasteiger partial charge in [-0.2, -0.15) is 0 Å². The van der Waals surface area contributed by atoms with E-state index in [4.69, 9.17) is 5.11 Å². The molecule has 1 aliphatic heterocycles. The topological polar surface area (TPSA) is 148 Å². The minimum absolute atomic E-state index is 0.222. The lowest BCUT2D eigenvalue weighted by molar-refractivity contribution is -0.145. The highest BCUT2D eigenvalue weighted by atomic mass is 16.4. The van der Waals surface area contributed by atoms with Gasteiger partial charge >= 0.3 is 12.0 Å². The third-order valence-corrected chi connectivity index (χ3v) is 4.29. The number of aliphatic carboxylic acids is 1. The van der Waals surface area contributed by atoms with Crippen molar-refractivity contribution in [3.8, 4) is 0 Å². The van der Waals surface area contributed by atoms with Crippen LogP contribution in [0.5, 0.6) is 0 Å². The van der Waals surface area contributed by atoms with E-state index in [2.05, 4.69) is 16.0 Å². The molecule has 28 heavy (non-hydrogen) atoms. The molecule has 152 valence electrons. The number of aliphatic hydroxyl groups excluding tert-OH is 1. The summed E-state index contributed by atoms with van der Waals surface area (Å²) < 4.78 is 0. The van der Waals surface area contributed by atoms with Crippen molar-refractivity contribution >= 4 is 35.2 Å². The van der Waals surface area contributed by atoms with Crippen molar-refractivity contribution in [3.05, 3.63) is 24.3 Å². The maximum atomic E-state index is 12.8. The van der Waals surface area contributed by atoms with Crippen LogP contribution >= 0.6 is 0 Å². The van der Waals surface area contributed by atoms with Gasteiger partial charge in [0.2, 0.25) is 11.8 Å². The Kier molecular flexibility index (Phi) is 6.57. The summed E-state index contributed by atoms with van der Waals surface area (Å²) in [5.74, 6) is -2.88. The number of anilines is 2. The second-order valence-electron chi connectivity index (χ2n) is 6.89. The number of nitrogens with zero attached hydrogens (tertiary/aromatic N) is 1. The minimum Gasteiger partial charge on any atom is -0.480 e. The van der Waals surface area contributed by atoms with Crippen molar-refractivity contribution in [2.75, 3.05) is 16.8 Å². The highest BCUT2D eigenvalue weighted by Gasteiger charge is 2.33. The number of hydrogen-bond acceptors (Lipinski definition) is 5. The van der Waals surface area contributed by atoms with Crippen LogP contribution in [0.2, 0.25) is 0 Å². The Morgan fingerprint density at radius 3 is 2.32 bits per heavy atom. The molecule has 10 nitrogen and oxygen atoms in total. The van der Waals surface area contributed by atoms with Crippen LogP contribution in [0.25, 0.3) is 0 Å². The molecule has 4 amide bonds. The summed E-state index contributed by atoms with van der Waals surface area (Å²) in [5.41, 5.74) is 0.953. The Hall–Kier alpha value is -3.14. The lowest BCUT2D eigenvalue weighted by Crippen LogP contribution is -2.58. The maximum absolute atomic E-state index is 12.8. The van der Waals surface area contributed by atoms with Gasteiger partial charge < -0.3 is 26.2 Å². The molecule has 1 heterocycles. The number of rotatable bonds is 6. The largest absolute Gasteiger partial charge is 0.480 e. The van der Waals surface area contributed by atoms with Gasteiger partial charge in [0.15, 0.2) is 6.04 Å². The Bertz CT molecular complexity index is 779. The summed E-state index contributed by atoms with van der Waals surface area (Å²) in [4.78, 5) is 49.6. The second-order valence-corrected chi connectivity index (χ2v) is 6.89. The number of carbonyl (C=O) groups is 4. The van der Waals surface area contributed by atoms with E-state index in [1.54, 1.807) is 38.1 Å². The van der Waals surface area contributed by atoms with Crippen LogP contribution < -0.4 is 20.9 Å². The Morgan fingerprint density at radius 1 is 1.11 bits per heavy atom. The van der Waals surface area contributed by atoms with Crippen LogP contribution in [0.1, 0.15) is 20.8 Å². The van der Waals surface area contributed by atoms with Crippen molar-refractivity contribution in [1.29, 1.82) is 0 Å². The lowest BCUT2D eigenvalue weighted by Gasteiger charge is -2.32. The molecule has 1 aliphatic rings. The van der Waals surface area contributed by atoms with E-state index in [1.807, 2.05) is 0 Å². The van der Waals surface area contributed by atoms with Crippen LogP contribution in [-0.2, 0) is 14.4 Å². The molecule has 1 unspecified atom stereocenters. The molecular weight excluding hydrogens is 368 g/mol. The fraction of sp³-hybridized carbons (Fsp3) is 0.444. The summed E-state index contributed by atoms with van der Waals surface area (Å²) >= 11 is 0. The van der Waals surface area contributed by atoms with Crippen molar-refractivity contribution in [3.63, 3.8) is 0 Å². The van der Waals surface area contributed by atoms with Crippen LogP contribution in [0.15, 0.2) is 24.3 Å². The number of carbonyl (C=O) groups excluding carboxylic acids is 3. The number of carboxylic acids is 1. The fourth-order valence-electron chi connectivity index (χ4n) is 2.79. The van der Waals surface area contributed by atoms with Crippen molar-refractivity contribution in [2.45, 2.75) is 39.0 Å². The van der Waals surface area contributed by atoms with Crippen molar-refractivity contribution in [1.82, 2.24) is 10.6 Å². The predicted molar refractivity (Wildman–Crippen MR) is 101 cm³/mol. The van der Waals surface area contributed by atoms with Crippen LogP contribution in [0, 0.1) is 5.92 Å². The van der Waals surface area contributed by atoms with Crippen LogP contribution in [0.4, 0.5) is 16.2 Å². The summed E-state index contributed by atoms with van der Waals surface area (Å²) in [5, 5.41) is 26.1. The molecule has 0 aromatic heterocycles. The average Bonchev–Trinajstić information content (AvgIpc) is 2.62. The van der Waals surface area contributed by atoms with E-state index in [-0.39, 0.29) is 18.4 Å². The van der Waals surface area contributed by atoms with Gasteiger partial charge in [-0.05, 0) is 25.0 Å². The monoisotopic (exact) mass is 392 g/mol. The molecule has 0 aliphatic carbocycles. The summed E-state index contributed by atoms with van der Waals surface area (Å²) in [6.07, 6.45) is -1.32. The number of carboxylic acid groups (broad SMARTS) is 1. The number of aliphatic hydroxyl groups is 1. The molecule has 0 spiro atoms. The number of para-hydroxylation sites is 2. The number of amides is 4. The Balaban J connectivity index is 2.18. The molecule has 0 saturated carbocycles. The molecule has 2 rings (SSSR count). The highest BCUT2D eigenvalue weighted by Crippen LogP contribution is 2.28. The van der Waals surface area contributed by atoms with Gasteiger partial charge in [0.25, 0.3) is 0 Å². The molecule has 1 aromatic rings. The predicted octanol–water partition coefficient (Wildman–Crippen LogP) is 0.130. The third-order valence-electron chi connectivity index (χ3n) is 4.29. The van der Waals surface area contributed by atoms with Gasteiger partial charge in [-0.15, -0.1) is 0 Å². The van der Waals surface area contributed by atoms with Crippen LogP contribution in [0.3, 0.4) is 0 Å². The molecule has 5 N–H and O–H groups in total. The van der Waals surface area contributed by atoms with E-state index >= 15 is 0 Å². The number of nitrogens with one attached hydrogen (secondary N) is 3. The van der Waals surface area contributed by atoms with E-state index in [0.29, 0.717) is 11.4 Å². The zero-order valence-electron chi connectivity index (χ0n) is 15.8. The molecule has 3 atom stereocenters. The molecule has 0 saturated heterocycles. The van der Waals surface area contributed by atoms with E-state index in [0.717, 1.165) is 0 Å². The molecule has 0 radical (unpaired) electrons. The average molecular weight is 392 g/mol. The lowest BCUT2D eigenvalue weighted by atomic mass is 10.0. The van der Waals surface area contributed by atoms with E-state index < -0.39 is 36.1 Å². The van der Waals surface area contributed by atoms with Gasteiger partial charge in [0.1, 0.15) is 12.6 Å². The molecule has 10 heteroatoms. The van der Waals surface area contributed by atoms with E-state index in [9.17, 15) is 24.3 Å². The summed E-state index contributed by atoms with van der Waals surface area (Å²) in [7, 11) is 0. The number of fused-ring (bicyclic) bond motifs is 1. The normalized spacial score (nSPS) is 16.5. The number of hydrogen-bond donors (Lipinski definition) is 5. The van der Waals surface area contributed by atoms with Gasteiger partial charge in [-0.25, -0.2) is 9.59 Å². The van der Waals surface area contributed by atoms with Gasteiger partial charge in [0.05, 0.1) is 17.5 Å². The second kappa shape index (κ2) is 8.70. The van der Waals surface area contributed by atoms with Gasteiger partial charge in [-0.3, -0.25) is 14.5 Å². The zero-order chi connectivity index (χ0) is 21.0. The minimum atomic E-state index is -1.51. The summed E-state index contributed by atoms with van der Waals surface area (Å²) in [6.45, 7) is 4.38. The summed E-state index contributed by atoms with van der Waals surface area (Å²) in [6, 6.07) is 3.50. The SMILES string of the molecule is CC(C)[C@H](NC(=O)N1CC(=O)Nc2ccccc21)C(=O)N[C@H](C(=O)O)C(C)O. The smallest absolute Gasteiger partial charge is 0.328 e. The fourth-order valence-corrected chi connectivity index (χ4v) is 2.79. The van der Waals surface area contributed by atoms with Crippen molar-refractivity contribution < 1.29 is 29.4 Å². The molecular formula is C18H24N4O6. The Labute approximate surface area is 161 Å². The van der Waals surface area contributed by atoms with Crippen LogP contribution in [-0.4, -0.2) is 58.8 Å². The number of urea groups is 1. The molecule has 1 aromatic carbocycles. The zero-order valence-corrected chi connectivity index (χ0v) is 15.8. The maximum Gasteiger partial charge on any atom is 0.328 e. The first kappa shape index (κ1) is 21.2. The third kappa shape index (κ3) is 4.77. The molecule has 0 fully saturated rings. The first-order valence-corrected chi connectivity index (χ1v) is 8.80. The van der Waals surface area contributed by atoms with Crippen molar-refractivity contribution in [2.24, 2.45) is 5.92 Å². The Morgan fingerprint density at radius 2 is 1.75 bits per heavy atom. The van der Waals surface area contributed by atoms with Gasteiger partial charge in [0, 0.05) is 0 Å².